The Morgan fingerprint density at radius 2 is 1.62 bits per heavy atom. The summed E-state index contributed by atoms with van der Waals surface area (Å²) in [7, 11) is 0. The van der Waals surface area contributed by atoms with Crippen LogP contribution < -0.4 is 5.73 Å². The Morgan fingerprint density at radius 3 is 2.24 bits per heavy atom. The van der Waals surface area contributed by atoms with Gasteiger partial charge in [-0.25, -0.2) is 0 Å². The van der Waals surface area contributed by atoms with Gasteiger partial charge < -0.3 is 10.6 Å². The van der Waals surface area contributed by atoms with Crippen molar-refractivity contribution in [2.24, 2.45) is 5.16 Å². The Hall–Kier alpha value is -3.28. The summed E-state index contributed by atoms with van der Waals surface area (Å²) in [6.07, 6.45) is -4.36. The number of halogens is 3. The Kier molecular flexibility index (Phi) is 5.92. The molecule has 0 spiro atoms. The van der Waals surface area contributed by atoms with Gasteiger partial charge in [-0.05, 0) is 54.8 Å². The van der Waals surface area contributed by atoms with Gasteiger partial charge in [-0.3, -0.25) is 0 Å². The van der Waals surface area contributed by atoms with Crippen LogP contribution >= 0.6 is 0 Å². The van der Waals surface area contributed by atoms with Gasteiger partial charge >= 0.3 is 6.18 Å². The lowest BCUT2D eigenvalue weighted by Gasteiger charge is -2.12. The minimum absolute atomic E-state index is 0.291. The molecule has 0 aliphatic heterocycles. The van der Waals surface area contributed by atoms with Crippen LogP contribution in [0.4, 0.5) is 18.9 Å². The molecule has 0 atom stereocenters. The highest BCUT2D eigenvalue weighted by Gasteiger charge is 2.30. The molecule has 0 radical (unpaired) electrons. The molecule has 3 aromatic rings. The second-order valence-corrected chi connectivity index (χ2v) is 6.82. The fourth-order valence-corrected chi connectivity index (χ4v) is 2.92. The molecule has 0 aliphatic rings. The van der Waals surface area contributed by atoms with E-state index in [-0.39, 0.29) is 0 Å². The molecule has 0 unspecified atom stereocenters. The number of rotatable bonds is 5. The minimum Gasteiger partial charge on any atom is -0.399 e. The average Bonchev–Trinajstić information content (AvgIpc) is 2.69. The van der Waals surface area contributed by atoms with Crippen LogP contribution in [-0.2, 0) is 17.6 Å². The molecule has 29 heavy (non-hydrogen) atoms. The second kappa shape index (κ2) is 8.39. The predicted molar refractivity (Wildman–Crippen MR) is 109 cm³/mol. The summed E-state index contributed by atoms with van der Waals surface area (Å²) in [5.74, 6) is 0. The highest BCUT2D eigenvalue weighted by Crippen LogP contribution is 2.32. The van der Waals surface area contributed by atoms with Gasteiger partial charge in [-0.15, -0.1) is 0 Å². The number of alkyl halides is 3. The summed E-state index contributed by atoms with van der Waals surface area (Å²) >= 11 is 0. The van der Waals surface area contributed by atoms with Crippen LogP contribution in [0.25, 0.3) is 11.1 Å². The third kappa shape index (κ3) is 5.16. The third-order valence-corrected chi connectivity index (χ3v) is 4.50. The van der Waals surface area contributed by atoms with E-state index in [2.05, 4.69) is 5.16 Å². The van der Waals surface area contributed by atoms with Gasteiger partial charge in [0.1, 0.15) is 6.61 Å². The van der Waals surface area contributed by atoms with Crippen LogP contribution in [0.15, 0.2) is 71.9 Å². The van der Waals surface area contributed by atoms with Crippen molar-refractivity contribution in [3.8, 4) is 11.1 Å². The summed E-state index contributed by atoms with van der Waals surface area (Å²) in [5.41, 5.74) is 10.5. The van der Waals surface area contributed by atoms with Crippen molar-refractivity contribution in [1.82, 2.24) is 0 Å². The maximum absolute atomic E-state index is 12.9. The Morgan fingerprint density at radius 1 is 0.966 bits per heavy atom. The van der Waals surface area contributed by atoms with Gasteiger partial charge in [-0.2, -0.15) is 13.2 Å². The first-order valence-electron chi connectivity index (χ1n) is 9.03. The molecule has 0 amide bonds. The summed E-state index contributed by atoms with van der Waals surface area (Å²) in [6, 6.07) is 18.2. The summed E-state index contributed by atoms with van der Waals surface area (Å²) in [6.45, 7) is 4.03. The monoisotopic (exact) mass is 398 g/mol. The largest absolute Gasteiger partial charge is 0.416 e. The third-order valence-electron chi connectivity index (χ3n) is 4.50. The number of oxime groups is 1. The Labute approximate surface area is 167 Å². The van der Waals surface area contributed by atoms with Crippen LogP contribution in [0.3, 0.4) is 0 Å². The first kappa shape index (κ1) is 20.5. The lowest BCUT2D eigenvalue weighted by molar-refractivity contribution is -0.137. The van der Waals surface area contributed by atoms with E-state index in [0.717, 1.165) is 34.4 Å². The number of nitrogens with two attached hydrogens (primary N) is 1. The van der Waals surface area contributed by atoms with Gasteiger partial charge in [0.05, 0.1) is 11.3 Å². The molecule has 0 heterocycles. The fraction of sp³-hybridized carbons (Fsp3) is 0.174. The number of hydrogen-bond acceptors (Lipinski definition) is 3. The molecule has 0 saturated heterocycles. The molecule has 3 nitrogen and oxygen atoms in total. The number of nitrogens with zero attached hydrogens (tertiary/aromatic N) is 1. The molecule has 0 fully saturated rings. The zero-order chi connectivity index (χ0) is 21.0. The molecule has 0 aliphatic carbocycles. The summed E-state index contributed by atoms with van der Waals surface area (Å²) < 4.78 is 38.6. The van der Waals surface area contributed by atoms with Crippen molar-refractivity contribution in [2.45, 2.75) is 26.6 Å². The van der Waals surface area contributed by atoms with Crippen LogP contribution in [0, 0.1) is 6.92 Å². The van der Waals surface area contributed by atoms with Crippen LogP contribution in [0.2, 0.25) is 0 Å². The zero-order valence-electron chi connectivity index (χ0n) is 16.1. The lowest BCUT2D eigenvalue weighted by atomic mass is 9.94. The normalized spacial score (nSPS) is 12.1. The molecule has 0 aromatic heterocycles. The first-order chi connectivity index (χ1) is 13.7. The number of anilines is 1. The van der Waals surface area contributed by atoms with E-state index in [1.54, 1.807) is 19.1 Å². The maximum atomic E-state index is 12.9. The average molecular weight is 398 g/mol. The molecule has 3 aromatic carbocycles. The van der Waals surface area contributed by atoms with Gasteiger partial charge in [0.25, 0.3) is 0 Å². The van der Waals surface area contributed by atoms with Crippen LogP contribution in [0.1, 0.15) is 29.2 Å². The Balaban J connectivity index is 1.84. The molecule has 6 heteroatoms. The zero-order valence-corrected chi connectivity index (χ0v) is 16.1. The number of aryl methyl sites for hydroxylation is 1. The molecule has 0 saturated carbocycles. The van der Waals surface area contributed by atoms with E-state index in [1.807, 2.05) is 37.3 Å². The van der Waals surface area contributed by atoms with E-state index in [9.17, 15) is 13.2 Å². The molecular formula is C23H21F3N2O. The van der Waals surface area contributed by atoms with Crippen molar-refractivity contribution in [1.29, 1.82) is 0 Å². The van der Waals surface area contributed by atoms with Crippen molar-refractivity contribution in [2.75, 3.05) is 5.73 Å². The van der Waals surface area contributed by atoms with Crippen molar-refractivity contribution >= 4 is 11.4 Å². The van der Waals surface area contributed by atoms with E-state index < -0.39 is 11.7 Å². The van der Waals surface area contributed by atoms with E-state index >= 15 is 0 Å². The molecular weight excluding hydrogens is 377 g/mol. The van der Waals surface area contributed by atoms with E-state index in [4.69, 9.17) is 10.6 Å². The van der Waals surface area contributed by atoms with Crippen molar-refractivity contribution in [3.63, 3.8) is 0 Å². The maximum Gasteiger partial charge on any atom is 0.416 e. The number of benzene rings is 3. The van der Waals surface area contributed by atoms with Gasteiger partial charge in [0, 0.05) is 11.3 Å². The van der Waals surface area contributed by atoms with Crippen molar-refractivity contribution in [3.05, 3.63) is 89.0 Å². The molecule has 0 bridgehead atoms. The first-order valence-corrected chi connectivity index (χ1v) is 9.03. The van der Waals surface area contributed by atoms with E-state index in [1.165, 1.54) is 12.1 Å². The van der Waals surface area contributed by atoms with Gasteiger partial charge in [0.15, 0.2) is 0 Å². The van der Waals surface area contributed by atoms with Crippen LogP contribution in [0.5, 0.6) is 0 Å². The van der Waals surface area contributed by atoms with Gasteiger partial charge in [0.2, 0.25) is 0 Å². The summed E-state index contributed by atoms with van der Waals surface area (Å²) in [5, 5.41) is 4.19. The molecule has 150 valence electrons. The second-order valence-electron chi connectivity index (χ2n) is 6.82. The van der Waals surface area contributed by atoms with Crippen molar-refractivity contribution < 1.29 is 18.0 Å². The number of hydrogen-bond donors (Lipinski definition) is 1. The quantitative estimate of drug-likeness (QED) is 0.316. The topological polar surface area (TPSA) is 47.6 Å². The Bertz CT molecular complexity index is 1010. The van der Waals surface area contributed by atoms with E-state index in [0.29, 0.717) is 23.6 Å². The minimum atomic E-state index is -4.36. The highest BCUT2D eigenvalue weighted by molar-refractivity contribution is 6.04. The van der Waals surface area contributed by atoms with Gasteiger partial charge in [-0.1, -0.05) is 53.2 Å². The van der Waals surface area contributed by atoms with Crippen LogP contribution in [-0.4, -0.2) is 5.71 Å². The molecule has 3 rings (SSSR count). The SMILES string of the molecule is C/C(=N\OCc1ccc(N)cc1)c1ccc(C)cc1-c1ccc(C(F)(F)F)cc1. The highest BCUT2D eigenvalue weighted by atomic mass is 19.4. The fourth-order valence-electron chi connectivity index (χ4n) is 2.92. The molecule has 2 N–H and O–H groups in total. The lowest BCUT2D eigenvalue weighted by Crippen LogP contribution is -2.04. The predicted octanol–water partition coefficient (Wildman–Crippen LogP) is 6.20. The summed E-state index contributed by atoms with van der Waals surface area (Å²) in [4.78, 5) is 5.46. The number of nitrogen functional groups attached to an aromatic ring is 1. The smallest absolute Gasteiger partial charge is 0.399 e. The standard InChI is InChI=1S/C23H21F3N2O/c1-15-3-12-21(16(2)28-29-14-17-4-10-20(27)11-5-17)22(13-15)18-6-8-19(9-7-18)23(24,25)26/h3-13H,14,27H2,1-2H3/b28-16+.